The number of ether oxygens (including phenoxy) is 2. The van der Waals surface area contributed by atoms with Crippen LogP contribution in [0.2, 0.25) is 0 Å². The molecule has 4 aromatic rings. The van der Waals surface area contributed by atoms with Gasteiger partial charge in [-0.05, 0) is 74.7 Å². The Morgan fingerprint density at radius 3 is 2.43 bits per heavy atom. The lowest BCUT2D eigenvalue weighted by molar-refractivity contribution is 0.00703. The molecule has 0 saturated heterocycles. The fourth-order valence-electron chi connectivity index (χ4n) is 5.01. The van der Waals surface area contributed by atoms with Crippen LogP contribution < -0.4 is 15.0 Å². The van der Waals surface area contributed by atoms with Crippen molar-refractivity contribution in [3.05, 3.63) is 119 Å². The van der Waals surface area contributed by atoms with Gasteiger partial charge in [-0.15, -0.1) is 0 Å². The number of carbonyl (C=O) groups excluding carboxylic acids is 2. The van der Waals surface area contributed by atoms with Gasteiger partial charge in [-0.25, -0.2) is 9.18 Å². The summed E-state index contributed by atoms with van der Waals surface area (Å²) in [7, 11) is 0. The number of halogens is 1. The number of esters is 1. The van der Waals surface area contributed by atoms with Crippen LogP contribution in [0.3, 0.4) is 0 Å². The molecule has 0 aromatic heterocycles. The molecule has 0 fully saturated rings. The summed E-state index contributed by atoms with van der Waals surface area (Å²) < 4.78 is 26.9. The van der Waals surface area contributed by atoms with E-state index in [1.165, 1.54) is 6.07 Å². The first kappa shape index (κ1) is 28.9. The predicted octanol–water partition coefficient (Wildman–Crippen LogP) is 7.34. The van der Waals surface area contributed by atoms with E-state index < -0.39 is 17.4 Å². The van der Waals surface area contributed by atoms with E-state index in [4.69, 9.17) is 9.47 Å². The van der Waals surface area contributed by atoms with E-state index in [2.05, 4.69) is 10.2 Å². The first-order valence-electron chi connectivity index (χ1n) is 14.1. The number of nitrogens with one attached hydrogen (secondary N) is 1. The van der Waals surface area contributed by atoms with Crippen LogP contribution in [0, 0.1) is 5.82 Å². The van der Waals surface area contributed by atoms with Gasteiger partial charge in [0.1, 0.15) is 23.8 Å². The van der Waals surface area contributed by atoms with Gasteiger partial charge in [0.15, 0.2) is 0 Å². The molecule has 6 nitrogen and oxygen atoms in total. The number of rotatable bonds is 7. The summed E-state index contributed by atoms with van der Waals surface area (Å²) in [6.07, 6.45) is 0. The lowest BCUT2D eigenvalue weighted by atomic mass is 9.97. The van der Waals surface area contributed by atoms with Crippen LogP contribution in [0.4, 0.5) is 10.1 Å². The summed E-state index contributed by atoms with van der Waals surface area (Å²) in [4.78, 5) is 27.9. The summed E-state index contributed by atoms with van der Waals surface area (Å²) >= 11 is 0. The van der Waals surface area contributed by atoms with Gasteiger partial charge in [0.2, 0.25) is 0 Å². The van der Waals surface area contributed by atoms with Crippen LogP contribution in [-0.2, 0) is 11.3 Å². The third-order valence-electron chi connectivity index (χ3n) is 7.07. The molecule has 7 heteroatoms. The van der Waals surface area contributed by atoms with E-state index in [-0.39, 0.29) is 11.9 Å². The number of fused-ring (bicyclic) bond motifs is 1. The van der Waals surface area contributed by atoms with Gasteiger partial charge in [-0.1, -0.05) is 60.7 Å². The number of nitrogens with zero attached hydrogens (tertiary/aromatic N) is 1. The molecule has 0 saturated carbocycles. The molecule has 216 valence electrons. The SMILES string of the molecule is C[C@H](NC(=O)c1ccc2c(c1)OCCN2Cc1ccc(-c2ccccc2C(=O)OC(C)(C)C)c(F)c1)c1ccccc1. The minimum atomic E-state index is -0.661. The molecule has 0 spiro atoms. The van der Waals surface area contributed by atoms with Gasteiger partial charge in [0.25, 0.3) is 5.91 Å². The number of hydrogen-bond donors (Lipinski definition) is 1. The molecule has 1 aliphatic rings. The number of hydrogen-bond acceptors (Lipinski definition) is 5. The molecule has 4 aromatic carbocycles. The molecule has 42 heavy (non-hydrogen) atoms. The van der Waals surface area contributed by atoms with Gasteiger partial charge < -0.3 is 19.7 Å². The minimum Gasteiger partial charge on any atom is -0.490 e. The molecule has 5 rings (SSSR count). The van der Waals surface area contributed by atoms with Gasteiger partial charge >= 0.3 is 5.97 Å². The number of benzene rings is 4. The normalized spacial score (nSPS) is 13.5. The second-order valence-electron chi connectivity index (χ2n) is 11.4. The average Bonchev–Trinajstić information content (AvgIpc) is 2.97. The molecule has 1 N–H and O–H groups in total. The highest BCUT2D eigenvalue weighted by molar-refractivity contribution is 5.97. The molecular weight excluding hydrogens is 531 g/mol. The Labute approximate surface area is 246 Å². The smallest absolute Gasteiger partial charge is 0.339 e. The van der Waals surface area contributed by atoms with Crippen LogP contribution in [0.15, 0.2) is 91.0 Å². The van der Waals surface area contributed by atoms with Crippen LogP contribution >= 0.6 is 0 Å². The molecule has 1 atom stereocenters. The summed E-state index contributed by atoms with van der Waals surface area (Å²) in [5.41, 5.74) is 3.63. The first-order valence-corrected chi connectivity index (χ1v) is 14.1. The molecule has 1 heterocycles. The molecule has 1 aliphatic heterocycles. The number of anilines is 1. The second-order valence-corrected chi connectivity index (χ2v) is 11.4. The maximum atomic E-state index is 15.5. The quantitative estimate of drug-likeness (QED) is 0.237. The van der Waals surface area contributed by atoms with Crippen molar-refractivity contribution in [2.75, 3.05) is 18.1 Å². The average molecular weight is 567 g/mol. The predicted molar refractivity (Wildman–Crippen MR) is 162 cm³/mol. The highest BCUT2D eigenvalue weighted by Crippen LogP contribution is 2.35. The summed E-state index contributed by atoms with van der Waals surface area (Å²) in [6, 6.07) is 27.0. The number of carbonyl (C=O) groups is 2. The third-order valence-corrected chi connectivity index (χ3v) is 7.07. The van der Waals surface area contributed by atoms with E-state index >= 15 is 4.39 Å². The Bertz CT molecular complexity index is 1600. The van der Waals surface area contributed by atoms with Crippen molar-refractivity contribution in [1.82, 2.24) is 5.32 Å². The maximum Gasteiger partial charge on any atom is 0.339 e. The second kappa shape index (κ2) is 12.1. The topological polar surface area (TPSA) is 67.9 Å². The van der Waals surface area contributed by atoms with Crippen molar-refractivity contribution in [2.24, 2.45) is 0 Å². The molecule has 0 aliphatic carbocycles. The molecular formula is C35H35FN2O4. The highest BCUT2D eigenvalue weighted by Gasteiger charge is 2.24. The zero-order valence-electron chi connectivity index (χ0n) is 24.3. The van der Waals surface area contributed by atoms with Gasteiger partial charge in [-0.2, -0.15) is 0 Å². The van der Waals surface area contributed by atoms with Crippen LogP contribution in [0.1, 0.15) is 65.6 Å². The van der Waals surface area contributed by atoms with Crippen molar-refractivity contribution in [3.63, 3.8) is 0 Å². The molecule has 0 unspecified atom stereocenters. The van der Waals surface area contributed by atoms with Crippen molar-refractivity contribution >= 4 is 17.6 Å². The standard InChI is InChI=1S/C35H35FN2O4/c1-23(25-10-6-5-7-11-25)37-33(39)26-15-17-31-32(21-26)41-19-18-38(31)22-24-14-16-28(30(36)20-24)27-12-8-9-13-29(27)34(40)42-35(2,3)4/h5-17,20-21,23H,18-19,22H2,1-4H3,(H,37,39)/t23-/m0/s1. The Kier molecular flexibility index (Phi) is 8.29. The molecule has 0 bridgehead atoms. The Morgan fingerprint density at radius 1 is 0.952 bits per heavy atom. The fourth-order valence-corrected chi connectivity index (χ4v) is 5.01. The fraction of sp³-hybridized carbons (Fsp3) is 0.257. The summed E-state index contributed by atoms with van der Waals surface area (Å²) in [5.74, 6) is -0.477. The van der Waals surface area contributed by atoms with Gasteiger partial charge in [0.05, 0.1) is 23.8 Å². The van der Waals surface area contributed by atoms with Crippen molar-refractivity contribution in [2.45, 2.75) is 45.9 Å². The van der Waals surface area contributed by atoms with Crippen molar-refractivity contribution < 1.29 is 23.5 Å². The Morgan fingerprint density at radius 2 is 1.69 bits per heavy atom. The van der Waals surface area contributed by atoms with E-state index in [1.54, 1.807) is 63.2 Å². The Balaban J connectivity index is 1.32. The zero-order valence-corrected chi connectivity index (χ0v) is 24.3. The monoisotopic (exact) mass is 566 g/mol. The minimum absolute atomic E-state index is 0.138. The van der Waals surface area contributed by atoms with E-state index in [0.717, 1.165) is 16.8 Å². The van der Waals surface area contributed by atoms with E-state index in [1.807, 2.05) is 49.4 Å². The van der Waals surface area contributed by atoms with E-state index in [9.17, 15) is 9.59 Å². The summed E-state index contributed by atoms with van der Waals surface area (Å²) in [5, 5.41) is 3.04. The Hall–Kier alpha value is -4.65. The van der Waals surface area contributed by atoms with E-state index in [0.29, 0.717) is 47.7 Å². The first-order chi connectivity index (χ1) is 20.1. The van der Waals surface area contributed by atoms with Gasteiger partial charge in [-0.3, -0.25) is 4.79 Å². The molecule has 0 radical (unpaired) electrons. The number of amides is 1. The molecule has 1 amide bonds. The maximum absolute atomic E-state index is 15.5. The van der Waals surface area contributed by atoms with Crippen molar-refractivity contribution in [3.8, 4) is 16.9 Å². The third kappa shape index (κ3) is 6.62. The zero-order chi connectivity index (χ0) is 29.9. The van der Waals surface area contributed by atoms with Crippen LogP contribution in [0.25, 0.3) is 11.1 Å². The van der Waals surface area contributed by atoms with Gasteiger partial charge in [0, 0.05) is 17.7 Å². The highest BCUT2D eigenvalue weighted by atomic mass is 19.1. The van der Waals surface area contributed by atoms with Crippen LogP contribution in [-0.4, -0.2) is 30.6 Å². The summed E-state index contributed by atoms with van der Waals surface area (Å²) in [6.45, 7) is 8.87. The van der Waals surface area contributed by atoms with Crippen LogP contribution in [0.5, 0.6) is 5.75 Å². The lowest BCUT2D eigenvalue weighted by Gasteiger charge is -2.31. The largest absolute Gasteiger partial charge is 0.490 e. The lowest BCUT2D eigenvalue weighted by Crippen LogP contribution is -2.32. The van der Waals surface area contributed by atoms with Crippen molar-refractivity contribution in [1.29, 1.82) is 0 Å².